The fraction of sp³-hybridized carbons (Fsp3) is 0.158. The number of aromatic nitrogens is 3. The fourth-order valence-corrected chi connectivity index (χ4v) is 2.62. The maximum Gasteiger partial charge on any atom is 0.350 e. The molecule has 10 heteroatoms. The molecule has 2 N–H and O–H groups in total. The lowest BCUT2D eigenvalue weighted by Crippen LogP contribution is -2.24. The first-order valence-corrected chi connectivity index (χ1v) is 8.47. The third-order valence-electron chi connectivity index (χ3n) is 4.18. The van der Waals surface area contributed by atoms with Gasteiger partial charge in [-0.1, -0.05) is 6.07 Å². The number of benzene rings is 2. The van der Waals surface area contributed by atoms with Crippen LogP contribution >= 0.6 is 0 Å². The molecule has 3 aromatic rings. The standard InChI is InChI=1S/C19H18FN5O4/c1-23(2)18(28)13-5-4-6-14(15(13)26)21-17(27)16-22-25(19(29)24(16)3)12-9-7-11(20)8-10-12/h4-10,26H,1-3H3,(H,21,27). The molecule has 0 spiro atoms. The average molecular weight is 399 g/mol. The number of phenols is 1. The Morgan fingerprint density at radius 2 is 1.79 bits per heavy atom. The van der Waals surface area contributed by atoms with Crippen molar-refractivity contribution in [3.05, 3.63) is 70.2 Å². The second kappa shape index (κ2) is 7.58. The van der Waals surface area contributed by atoms with Crippen LogP contribution in [0.5, 0.6) is 5.75 Å². The molecule has 2 amide bonds. The average Bonchev–Trinajstić information content (AvgIpc) is 2.98. The molecule has 0 fully saturated rings. The van der Waals surface area contributed by atoms with Crippen molar-refractivity contribution in [3.63, 3.8) is 0 Å². The van der Waals surface area contributed by atoms with Crippen LogP contribution in [0, 0.1) is 5.82 Å². The highest BCUT2D eigenvalue weighted by Crippen LogP contribution is 2.28. The maximum atomic E-state index is 13.1. The van der Waals surface area contributed by atoms with Gasteiger partial charge in [0.1, 0.15) is 5.82 Å². The molecule has 0 radical (unpaired) electrons. The molecular formula is C19H18FN5O4. The van der Waals surface area contributed by atoms with Crippen molar-refractivity contribution < 1.29 is 19.1 Å². The molecule has 3 rings (SSSR count). The van der Waals surface area contributed by atoms with Crippen molar-refractivity contribution in [1.82, 2.24) is 19.2 Å². The quantitative estimate of drug-likeness (QED) is 0.644. The monoisotopic (exact) mass is 399 g/mol. The molecule has 0 aliphatic heterocycles. The van der Waals surface area contributed by atoms with Gasteiger partial charge in [-0.3, -0.25) is 14.2 Å². The SMILES string of the molecule is CN(C)C(=O)c1cccc(NC(=O)c2nn(-c3ccc(F)cc3)c(=O)n2C)c1O. The summed E-state index contributed by atoms with van der Waals surface area (Å²) in [5.41, 5.74) is -0.319. The lowest BCUT2D eigenvalue weighted by molar-refractivity contribution is 0.0824. The van der Waals surface area contributed by atoms with Gasteiger partial charge in [0.25, 0.3) is 11.8 Å². The minimum absolute atomic E-state index is 0.00789. The van der Waals surface area contributed by atoms with E-state index in [4.69, 9.17) is 0 Å². The maximum absolute atomic E-state index is 13.1. The molecule has 29 heavy (non-hydrogen) atoms. The summed E-state index contributed by atoms with van der Waals surface area (Å²) in [6.07, 6.45) is 0. The largest absolute Gasteiger partial charge is 0.505 e. The number of hydrogen-bond acceptors (Lipinski definition) is 5. The molecule has 0 saturated heterocycles. The van der Waals surface area contributed by atoms with E-state index in [2.05, 4.69) is 10.4 Å². The second-order valence-electron chi connectivity index (χ2n) is 6.41. The zero-order valence-electron chi connectivity index (χ0n) is 15.9. The van der Waals surface area contributed by atoms with Gasteiger partial charge in [-0.15, -0.1) is 5.10 Å². The van der Waals surface area contributed by atoms with Gasteiger partial charge in [0.15, 0.2) is 5.75 Å². The first kappa shape index (κ1) is 19.8. The number of amides is 2. The van der Waals surface area contributed by atoms with Crippen LogP contribution in [0.4, 0.5) is 10.1 Å². The van der Waals surface area contributed by atoms with Crippen molar-refractivity contribution in [3.8, 4) is 11.4 Å². The number of carbonyl (C=O) groups is 2. The molecule has 0 aliphatic rings. The van der Waals surface area contributed by atoms with E-state index in [0.717, 1.165) is 9.25 Å². The van der Waals surface area contributed by atoms with Crippen LogP contribution in [0.3, 0.4) is 0 Å². The molecule has 9 nitrogen and oxygen atoms in total. The van der Waals surface area contributed by atoms with Crippen LogP contribution < -0.4 is 11.0 Å². The summed E-state index contributed by atoms with van der Waals surface area (Å²) in [5.74, 6) is -2.31. The van der Waals surface area contributed by atoms with E-state index >= 15 is 0 Å². The Morgan fingerprint density at radius 3 is 2.41 bits per heavy atom. The first-order valence-electron chi connectivity index (χ1n) is 8.47. The molecular weight excluding hydrogens is 381 g/mol. The first-order chi connectivity index (χ1) is 13.7. The summed E-state index contributed by atoms with van der Waals surface area (Å²) in [6.45, 7) is 0. The summed E-state index contributed by atoms with van der Waals surface area (Å²) in [5, 5.41) is 16.8. The molecule has 150 valence electrons. The Bertz CT molecular complexity index is 1150. The lowest BCUT2D eigenvalue weighted by Gasteiger charge is -2.14. The molecule has 0 unspecified atom stereocenters. The summed E-state index contributed by atoms with van der Waals surface area (Å²) in [6, 6.07) is 9.38. The Balaban J connectivity index is 1.94. The predicted molar refractivity (Wildman–Crippen MR) is 103 cm³/mol. The smallest absolute Gasteiger partial charge is 0.350 e. The number of nitrogens with zero attached hydrogens (tertiary/aromatic N) is 4. The predicted octanol–water partition coefficient (Wildman–Crippen LogP) is 1.37. The van der Waals surface area contributed by atoms with E-state index in [-0.39, 0.29) is 22.8 Å². The van der Waals surface area contributed by atoms with Crippen LogP contribution in [0.1, 0.15) is 21.0 Å². The van der Waals surface area contributed by atoms with Gasteiger partial charge >= 0.3 is 5.69 Å². The van der Waals surface area contributed by atoms with Gasteiger partial charge in [0.05, 0.1) is 16.9 Å². The summed E-state index contributed by atoms with van der Waals surface area (Å²) in [7, 11) is 4.42. The summed E-state index contributed by atoms with van der Waals surface area (Å²) in [4.78, 5) is 38.5. The van der Waals surface area contributed by atoms with Gasteiger partial charge < -0.3 is 15.3 Å². The number of halogens is 1. The van der Waals surface area contributed by atoms with Crippen LogP contribution in [0.2, 0.25) is 0 Å². The van der Waals surface area contributed by atoms with Gasteiger partial charge in [-0.05, 0) is 36.4 Å². The molecule has 1 aromatic heterocycles. The molecule has 1 heterocycles. The highest BCUT2D eigenvalue weighted by Gasteiger charge is 2.21. The summed E-state index contributed by atoms with van der Waals surface area (Å²) >= 11 is 0. The molecule has 0 aliphatic carbocycles. The van der Waals surface area contributed by atoms with Crippen LogP contribution in [-0.4, -0.2) is 50.3 Å². The normalized spacial score (nSPS) is 10.6. The van der Waals surface area contributed by atoms with Crippen LogP contribution in [-0.2, 0) is 7.05 Å². The Kier molecular flexibility index (Phi) is 5.18. The number of phenolic OH excluding ortho intramolecular Hbond substituents is 1. The molecule has 0 saturated carbocycles. The number of rotatable bonds is 4. The topological polar surface area (TPSA) is 109 Å². The number of para-hydroxylation sites is 1. The van der Waals surface area contributed by atoms with E-state index in [1.807, 2.05) is 0 Å². The number of nitrogens with one attached hydrogen (secondary N) is 1. The van der Waals surface area contributed by atoms with Crippen LogP contribution in [0.15, 0.2) is 47.3 Å². The third kappa shape index (κ3) is 3.72. The number of anilines is 1. The minimum atomic E-state index is -0.768. The van der Waals surface area contributed by atoms with E-state index in [1.54, 1.807) is 0 Å². The van der Waals surface area contributed by atoms with Crippen molar-refractivity contribution in [2.24, 2.45) is 7.05 Å². The number of carbonyl (C=O) groups excluding carboxylic acids is 2. The fourth-order valence-electron chi connectivity index (χ4n) is 2.62. The Labute approximate surface area is 164 Å². The molecule has 2 aromatic carbocycles. The number of aromatic hydroxyl groups is 1. The Hall–Kier alpha value is -3.95. The third-order valence-corrected chi connectivity index (χ3v) is 4.18. The van der Waals surface area contributed by atoms with Gasteiger partial charge in [0, 0.05) is 21.1 Å². The van der Waals surface area contributed by atoms with Gasteiger partial charge in [-0.2, -0.15) is 4.68 Å². The molecule has 0 bridgehead atoms. The number of hydrogen-bond donors (Lipinski definition) is 2. The van der Waals surface area contributed by atoms with E-state index in [1.165, 1.54) is 68.5 Å². The van der Waals surface area contributed by atoms with E-state index in [9.17, 15) is 23.9 Å². The van der Waals surface area contributed by atoms with Gasteiger partial charge in [0.2, 0.25) is 5.82 Å². The van der Waals surface area contributed by atoms with Crippen molar-refractivity contribution >= 4 is 17.5 Å². The lowest BCUT2D eigenvalue weighted by atomic mass is 10.1. The van der Waals surface area contributed by atoms with E-state index in [0.29, 0.717) is 0 Å². The van der Waals surface area contributed by atoms with E-state index < -0.39 is 29.1 Å². The zero-order valence-corrected chi connectivity index (χ0v) is 15.9. The second-order valence-corrected chi connectivity index (χ2v) is 6.41. The minimum Gasteiger partial charge on any atom is -0.505 e. The van der Waals surface area contributed by atoms with Crippen LogP contribution in [0.25, 0.3) is 5.69 Å². The molecule has 0 atom stereocenters. The van der Waals surface area contributed by atoms with Crippen molar-refractivity contribution in [1.29, 1.82) is 0 Å². The highest BCUT2D eigenvalue weighted by atomic mass is 19.1. The highest BCUT2D eigenvalue weighted by molar-refractivity contribution is 6.05. The zero-order chi connectivity index (χ0) is 21.3. The van der Waals surface area contributed by atoms with Crippen molar-refractivity contribution in [2.75, 3.05) is 19.4 Å². The van der Waals surface area contributed by atoms with Crippen molar-refractivity contribution in [2.45, 2.75) is 0 Å². The Morgan fingerprint density at radius 1 is 1.14 bits per heavy atom. The van der Waals surface area contributed by atoms with Gasteiger partial charge in [-0.25, -0.2) is 9.18 Å². The summed E-state index contributed by atoms with van der Waals surface area (Å²) < 4.78 is 15.1.